The maximum atomic E-state index is 12.1. The fraction of sp³-hybridized carbons (Fsp3) is 0.571. The van der Waals surface area contributed by atoms with Gasteiger partial charge in [-0.1, -0.05) is 30.3 Å². The molecule has 2 aromatic rings. The van der Waals surface area contributed by atoms with Gasteiger partial charge in [0, 0.05) is 11.0 Å². The van der Waals surface area contributed by atoms with E-state index in [0.29, 0.717) is 0 Å². The average Bonchev–Trinajstić information content (AvgIpc) is 3.05. The lowest BCUT2D eigenvalue weighted by atomic mass is 9.49. The fourth-order valence-corrected chi connectivity index (χ4v) is 6.22. The number of esters is 1. The Morgan fingerprint density at radius 1 is 1.08 bits per heavy atom. The van der Waals surface area contributed by atoms with Crippen LogP contribution in [0, 0.1) is 17.8 Å². The van der Waals surface area contributed by atoms with Crippen LogP contribution in [-0.2, 0) is 21.5 Å². The lowest BCUT2D eigenvalue weighted by molar-refractivity contribution is -0.141. The van der Waals surface area contributed by atoms with Crippen LogP contribution in [0.15, 0.2) is 30.3 Å². The molecule has 0 radical (unpaired) electrons. The molecule has 4 aliphatic rings. The number of ether oxygens (including phenoxy) is 1. The highest BCUT2D eigenvalue weighted by Gasteiger charge is 2.54. The van der Waals surface area contributed by atoms with Crippen molar-refractivity contribution >= 4 is 5.97 Å². The van der Waals surface area contributed by atoms with Gasteiger partial charge in [0.25, 0.3) is 0 Å². The first-order valence-corrected chi connectivity index (χ1v) is 9.73. The molecule has 26 heavy (non-hydrogen) atoms. The van der Waals surface area contributed by atoms with Gasteiger partial charge in [-0.25, -0.2) is 0 Å². The highest BCUT2D eigenvalue weighted by molar-refractivity contribution is 5.70. The van der Waals surface area contributed by atoms with Crippen molar-refractivity contribution in [3.63, 3.8) is 0 Å². The molecule has 0 aliphatic heterocycles. The molecule has 4 saturated carbocycles. The van der Waals surface area contributed by atoms with Crippen LogP contribution >= 0.6 is 0 Å². The summed E-state index contributed by atoms with van der Waals surface area (Å²) in [5.41, 5.74) is 1.10. The van der Waals surface area contributed by atoms with Crippen molar-refractivity contribution < 1.29 is 9.53 Å². The number of hydrogen-bond donors (Lipinski definition) is 0. The molecule has 5 nitrogen and oxygen atoms in total. The normalized spacial score (nSPS) is 32.0. The highest BCUT2D eigenvalue weighted by atomic mass is 16.5. The molecule has 0 unspecified atom stereocenters. The van der Waals surface area contributed by atoms with Crippen LogP contribution in [0.1, 0.15) is 44.3 Å². The third-order valence-electron chi connectivity index (χ3n) is 6.81. The number of aromatic nitrogens is 3. The first-order chi connectivity index (χ1) is 12.7. The first kappa shape index (κ1) is 16.0. The van der Waals surface area contributed by atoms with Crippen LogP contribution in [0.2, 0.25) is 0 Å². The van der Waals surface area contributed by atoms with Gasteiger partial charge in [0.2, 0.25) is 0 Å². The largest absolute Gasteiger partial charge is 0.468 e. The Balaban J connectivity index is 1.61. The van der Waals surface area contributed by atoms with Crippen molar-refractivity contribution in [3.05, 3.63) is 36.2 Å². The number of carbonyl (C=O) groups is 1. The lowest BCUT2D eigenvalue weighted by Gasteiger charge is -2.56. The van der Waals surface area contributed by atoms with Gasteiger partial charge < -0.3 is 4.74 Å². The van der Waals surface area contributed by atoms with E-state index in [2.05, 4.69) is 10.2 Å². The molecule has 0 atom stereocenters. The number of rotatable bonds is 4. The molecular weight excluding hydrogens is 326 g/mol. The van der Waals surface area contributed by atoms with Gasteiger partial charge >= 0.3 is 5.97 Å². The Morgan fingerprint density at radius 3 is 2.27 bits per heavy atom. The van der Waals surface area contributed by atoms with Crippen molar-refractivity contribution in [3.8, 4) is 11.4 Å². The summed E-state index contributed by atoms with van der Waals surface area (Å²) in [6, 6.07) is 10.0. The van der Waals surface area contributed by atoms with E-state index >= 15 is 0 Å². The fourth-order valence-electron chi connectivity index (χ4n) is 6.22. The van der Waals surface area contributed by atoms with E-state index in [-0.39, 0.29) is 17.9 Å². The zero-order valence-electron chi connectivity index (χ0n) is 15.2. The smallest absolute Gasteiger partial charge is 0.325 e. The second-order valence-corrected chi connectivity index (χ2v) is 8.57. The quantitative estimate of drug-likeness (QED) is 0.790. The van der Waals surface area contributed by atoms with E-state index in [0.717, 1.165) is 35.0 Å². The molecule has 4 bridgehead atoms. The van der Waals surface area contributed by atoms with Crippen molar-refractivity contribution in [2.24, 2.45) is 17.8 Å². The molecule has 1 aromatic heterocycles. The number of methoxy groups -OCH3 is 1. The second kappa shape index (κ2) is 5.93. The summed E-state index contributed by atoms with van der Waals surface area (Å²) in [6.07, 6.45) is 7.76. The Bertz CT molecular complexity index is 792. The Kier molecular flexibility index (Phi) is 3.66. The minimum absolute atomic E-state index is 0.100. The van der Waals surface area contributed by atoms with E-state index in [4.69, 9.17) is 4.74 Å². The molecule has 136 valence electrons. The van der Waals surface area contributed by atoms with Crippen molar-refractivity contribution in [2.45, 2.75) is 50.5 Å². The first-order valence-electron chi connectivity index (χ1n) is 9.73. The summed E-state index contributed by atoms with van der Waals surface area (Å²) in [6.45, 7) is 0.185. The van der Waals surface area contributed by atoms with Gasteiger partial charge in [0.05, 0.1) is 7.11 Å². The molecular formula is C21H25N3O2. The second-order valence-electron chi connectivity index (χ2n) is 8.57. The van der Waals surface area contributed by atoms with Crippen molar-refractivity contribution in [2.75, 3.05) is 7.11 Å². The third kappa shape index (κ3) is 2.48. The average molecular weight is 351 g/mol. The third-order valence-corrected chi connectivity index (χ3v) is 6.81. The summed E-state index contributed by atoms with van der Waals surface area (Å²) < 4.78 is 7.01. The van der Waals surface area contributed by atoms with Crippen LogP contribution in [0.25, 0.3) is 11.4 Å². The summed E-state index contributed by atoms with van der Waals surface area (Å²) >= 11 is 0. The van der Waals surface area contributed by atoms with E-state index < -0.39 is 0 Å². The Labute approximate surface area is 153 Å². The highest BCUT2D eigenvalue weighted by Crippen LogP contribution is 2.60. The molecule has 4 fully saturated rings. The predicted molar refractivity (Wildman–Crippen MR) is 97.3 cm³/mol. The minimum Gasteiger partial charge on any atom is -0.468 e. The maximum absolute atomic E-state index is 12.1. The number of hydrogen-bond acceptors (Lipinski definition) is 4. The topological polar surface area (TPSA) is 57.0 Å². The van der Waals surface area contributed by atoms with E-state index in [1.54, 1.807) is 0 Å². The SMILES string of the molecule is COC(=O)Cn1c(-c2ccccc2)nnc1C12CC3CC(CC(C3)C1)C2. The molecule has 4 aliphatic carbocycles. The van der Waals surface area contributed by atoms with E-state index in [1.165, 1.54) is 45.6 Å². The molecule has 5 heteroatoms. The van der Waals surface area contributed by atoms with Gasteiger partial charge in [0.15, 0.2) is 5.82 Å². The molecule has 1 aromatic carbocycles. The standard InChI is InChI=1S/C21H25N3O2/c1-26-18(25)13-24-19(17-5-3-2-4-6-17)22-23-20(24)21-10-14-7-15(11-21)9-16(8-14)12-21/h2-6,14-16H,7-13H2,1H3. The Hall–Kier alpha value is -2.17. The zero-order valence-corrected chi connectivity index (χ0v) is 15.2. The predicted octanol–water partition coefficient (Wildman–Crippen LogP) is 3.59. The number of nitrogens with zero attached hydrogens (tertiary/aromatic N) is 3. The molecule has 0 saturated heterocycles. The Morgan fingerprint density at radius 2 is 1.69 bits per heavy atom. The van der Waals surface area contributed by atoms with Crippen LogP contribution in [-0.4, -0.2) is 27.8 Å². The van der Waals surface area contributed by atoms with Crippen molar-refractivity contribution in [1.82, 2.24) is 14.8 Å². The summed E-state index contributed by atoms with van der Waals surface area (Å²) in [4.78, 5) is 12.1. The van der Waals surface area contributed by atoms with Crippen molar-refractivity contribution in [1.29, 1.82) is 0 Å². The van der Waals surface area contributed by atoms with Crippen LogP contribution in [0.5, 0.6) is 0 Å². The van der Waals surface area contributed by atoms with Gasteiger partial charge in [-0.15, -0.1) is 10.2 Å². The van der Waals surface area contributed by atoms with E-state index in [9.17, 15) is 4.79 Å². The number of carbonyl (C=O) groups excluding carboxylic acids is 1. The van der Waals surface area contributed by atoms with E-state index in [1.807, 2.05) is 34.9 Å². The molecule has 0 spiro atoms. The van der Waals surface area contributed by atoms with Gasteiger partial charge in [-0.2, -0.15) is 0 Å². The molecule has 0 amide bonds. The zero-order chi connectivity index (χ0) is 17.7. The minimum atomic E-state index is -0.243. The molecule has 6 rings (SSSR count). The van der Waals surface area contributed by atoms with Gasteiger partial charge in [-0.05, 0) is 56.3 Å². The summed E-state index contributed by atoms with van der Waals surface area (Å²) in [7, 11) is 1.44. The summed E-state index contributed by atoms with van der Waals surface area (Å²) in [5, 5.41) is 9.21. The van der Waals surface area contributed by atoms with Gasteiger partial charge in [-0.3, -0.25) is 9.36 Å². The number of benzene rings is 1. The monoisotopic (exact) mass is 351 g/mol. The maximum Gasteiger partial charge on any atom is 0.325 e. The summed E-state index contributed by atoms with van der Waals surface area (Å²) in [5.74, 6) is 4.02. The van der Waals surface area contributed by atoms with Gasteiger partial charge in [0.1, 0.15) is 12.4 Å². The van der Waals surface area contributed by atoms with Crippen LogP contribution in [0.4, 0.5) is 0 Å². The lowest BCUT2D eigenvalue weighted by Crippen LogP contribution is -2.50. The van der Waals surface area contributed by atoms with Crippen LogP contribution in [0.3, 0.4) is 0 Å². The molecule has 1 heterocycles. The van der Waals surface area contributed by atoms with Crippen LogP contribution < -0.4 is 0 Å². The molecule has 0 N–H and O–H groups in total.